The van der Waals surface area contributed by atoms with E-state index >= 15 is 0 Å². The summed E-state index contributed by atoms with van der Waals surface area (Å²) in [5.41, 5.74) is 8.76. The summed E-state index contributed by atoms with van der Waals surface area (Å²) in [6.45, 7) is 4.93. The molecule has 1 aromatic carbocycles. The molecule has 112 valence electrons. The molecule has 1 fully saturated rings. The third-order valence-electron chi connectivity index (χ3n) is 3.69. The van der Waals surface area contributed by atoms with E-state index in [9.17, 15) is 8.42 Å². The van der Waals surface area contributed by atoms with Gasteiger partial charge in [-0.05, 0) is 49.9 Å². The highest BCUT2D eigenvalue weighted by molar-refractivity contribution is 7.90. The molecule has 0 saturated carbocycles. The lowest BCUT2D eigenvalue weighted by molar-refractivity contribution is 0.427. The predicted octanol–water partition coefficient (Wildman–Crippen LogP) is 2.42. The number of hydrogen-bond donors (Lipinski definition) is 2. The minimum atomic E-state index is -3.48. The first-order valence-electron chi connectivity index (χ1n) is 7.05. The molecule has 5 nitrogen and oxygen atoms in total. The summed E-state index contributed by atoms with van der Waals surface area (Å²) in [5, 5.41) is 0. The smallest absolute Gasteiger partial charge is 0.301 e. The summed E-state index contributed by atoms with van der Waals surface area (Å²) < 4.78 is 29.2. The molecule has 0 aliphatic carbocycles. The topological polar surface area (TPSA) is 75.4 Å². The molecule has 1 saturated heterocycles. The molecule has 0 amide bonds. The van der Waals surface area contributed by atoms with Crippen LogP contribution in [0.25, 0.3) is 0 Å². The SMILES string of the molecule is Cc1cc(N)cc(C)c1NS(=O)(=O)N1CCCCCC1. The summed E-state index contributed by atoms with van der Waals surface area (Å²) in [6.07, 6.45) is 4.07. The van der Waals surface area contributed by atoms with Crippen LogP contribution in [0.5, 0.6) is 0 Å². The van der Waals surface area contributed by atoms with Crippen LogP contribution in [0.1, 0.15) is 36.8 Å². The van der Waals surface area contributed by atoms with E-state index in [4.69, 9.17) is 5.73 Å². The van der Waals surface area contributed by atoms with Gasteiger partial charge in [0.2, 0.25) is 0 Å². The summed E-state index contributed by atoms with van der Waals surface area (Å²) in [5.74, 6) is 0. The number of nitrogen functional groups attached to an aromatic ring is 1. The number of aryl methyl sites for hydroxylation is 2. The third kappa shape index (κ3) is 3.43. The van der Waals surface area contributed by atoms with E-state index in [1.165, 1.54) is 0 Å². The van der Waals surface area contributed by atoms with Crippen LogP contribution in [0.3, 0.4) is 0 Å². The van der Waals surface area contributed by atoms with E-state index in [1.54, 1.807) is 16.4 Å². The zero-order valence-corrected chi connectivity index (χ0v) is 13.0. The van der Waals surface area contributed by atoms with Crippen molar-refractivity contribution in [2.24, 2.45) is 0 Å². The van der Waals surface area contributed by atoms with Crippen molar-refractivity contribution in [3.8, 4) is 0 Å². The van der Waals surface area contributed by atoms with Crippen molar-refractivity contribution in [3.05, 3.63) is 23.3 Å². The molecular weight excluding hydrogens is 274 g/mol. The molecular formula is C14H23N3O2S. The van der Waals surface area contributed by atoms with Crippen molar-refractivity contribution < 1.29 is 8.42 Å². The molecule has 1 aliphatic rings. The van der Waals surface area contributed by atoms with Crippen LogP contribution in [0.2, 0.25) is 0 Å². The number of rotatable bonds is 3. The maximum atomic E-state index is 12.5. The van der Waals surface area contributed by atoms with E-state index < -0.39 is 10.2 Å². The normalized spacial score (nSPS) is 17.7. The average molecular weight is 297 g/mol. The molecule has 1 heterocycles. The van der Waals surface area contributed by atoms with Gasteiger partial charge in [-0.25, -0.2) is 0 Å². The molecule has 20 heavy (non-hydrogen) atoms. The van der Waals surface area contributed by atoms with Gasteiger partial charge >= 0.3 is 10.2 Å². The van der Waals surface area contributed by atoms with Crippen LogP contribution in [-0.4, -0.2) is 25.8 Å². The second-order valence-corrected chi connectivity index (χ2v) is 7.12. The zero-order valence-electron chi connectivity index (χ0n) is 12.1. The second-order valence-electron chi connectivity index (χ2n) is 5.45. The van der Waals surface area contributed by atoms with E-state index in [2.05, 4.69) is 4.72 Å². The number of anilines is 2. The monoisotopic (exact) mass is 297 g/mol. The number of nitrogens with zero attached hydrogens (tertiary/aromatic N) is 1. The highest BCUT2D eigenvalue weighted by Crippen LogP contribution is 2.25. The molecule has 3 N–H and O–H groups in total. The van der Waals surface area contributed by atoms with Gasteiger partial charge in [-0.15, -0.1) is 0 Å². The van der Waals surface area contributed by atoms with Crippen molar-refractivity contribution in [3.63, 3.8) is 0 Å². The lowest BCUT2D eigenvalue weighted by atomic mass is 10.1. The van der Waals surface area contributed by atoms with Gasteiger partial charge in [0.1, 0.15) is 0 Å². The van der Waals surface area contributed by atoms with Gasteiger partial charge < -0.3 is 5.73 Å². The molecule has 0 aromatic heterocycles. The minimum Gasteiger partial charge on any atom is -0.399 e. The van der Waals surface area contributed by atoms with Crippen LogP contribution in [0, 0.1) is 13.8 Å². The van der Waals surface area contributed by atoms with Gasteiger partial charge in [-0.3, -0.25) is 4.72 Å². The number of benzene rings is 1. The summed E-state index contributed by atoms with van der Waals surface area (Å²) in [7, 11) is -3.48. The van der Waals surface area contributed by atoms with E-state index in [1.807, 2.05) is 13.8 Å². The van der Waals surface area contributed by atoms with Gasteiger partial charge in [0.25, 0.3) is 0 Å². The zero-order chi connectivity index (χ0) is 14.8. The largest absolute Gasteiger partial charge is 0.399 e. The van der Waals surface area contributed by atoms with E-state index in [0.29, 0.717) is 24.5 Å². The second kappa shape index (κ2) is 6.01. The van der Waals surface area contributed by atoms with Gasteiger partial charge in [0.15, 0.2) is 0 Å². The fraction of sp³-hybridized carbons (Fsp3) is 0.571. The lowest BCUT2D eigenvalue weighted by Crippen LogP contribution is -2.36. The highest BCUT2D eigenvalue weighted by Gasteiger charge is 2.24. The van der Waals surface area contributed by atoms with Crippen LogP contribution in [0.4, 0.5) is 11.4 Å². The van der Waals surface area contributed by atoms with Crippen LogP contribution >= 0.6 is 0 Å². The van der Waals surface area contributed by atoms with Crippen molar-refractivity contribution in [2.45, 2.75) is 39.5 Å². The van der Waals surface area contributed by atoms with Crippen LogP contribution in [0.15, 0.2) is 12.1 Å². The number of hydrogen-bond acceptors (Lipinski definition) is 3. The Hall–Kier alpha value is -1.27. The van der Waals surface area contributed by atoms with Crippen molar-refractivity contribution in [2.75, 3.05) is 23.5 Å². The Morgan fingerprint density at radius 2 is 1.55 bits per heavy atom. The van der Waals surface area contributed by atoms with Gasteiger partial charge in [0.05, 0.1) is 5.69 Å². The van der Waals surface area contributed by atoms with E-state index in [-0.39, 0.29) is 0 Å². The first-order valence-corrected chi connectivity index (χ1v) is 8.49. The van der Waals surface area contributed by atoms with Crippen molar-refractivity contribution in [1.82, 2.24) is 4.31 Å². The van der Waals surface area contributed by atoms with Gasteiger partial charge in [0, 0.05) is 18.8 Å². The Kier molecular flexibility index (Phi) is 4.55. The molecule has 1 aliphatic heterocycles. The first kappa shape index (κ1) is 15.1. The predicted molar refractivity (Wildman–Crippen MR) is 82.9 cm³/mol. The number of nitrogens with two attached hydrogens (primary N) is 1. The molecule has 0 bridgehead atoms. The first-order chi connectivity index (χ1) is 9.40. The highest BCUT2D eigenvalue weighted by atomic mass is 32.2. The van der Waals surface area contributed by atoms with Crippen molar-refractivity contribution in [1.29, 1.82) is 0 Å². The fourth-order valence-corrected chi connectivity index (χ4v) is 4.08. The molecule has 0 unspecified atom stereocenters. The molecule has 0 spiro atoms. The molecule has 6 heteroatoms. The third-order valence-corrected chi connectivity index (χ3v) is 5.20. The Balaban J connectivity index is 2.23. The lowest BCUT2D eigenvalue weighted by Gasteiger charge is -2.22. The van der Waals surface area contributed by atoms with Crippen molar-refractivity contribution >= 4 is 21.6 Å². The van der Waals surface area contributed by atoms with Crippen LogP contribution in [-0.2, 0) is 10.2 Å². The fourth-order valence-electron chi connectivity index (χ4n) is 2.63. The summed E-state index contributed by atoms with van der Waals surface area (Å²) in [4.78, 5) is 0. The Labute approximate surface area is 121 Å². The van der Waals surface area contributed by atoms with Crippen LogP contribution < -0.4 is 10.5 Å². The quantitative estimate of drug-likeness (QED) is 0.841. The Morgan fingerprint density at radius 1 is 1.05 bits per heavy atom. The average Bonchev–Trinajstić information content (AvgIpc) is 2.63. The maximum Gasteiger partial charge on any atom is 0.301 e. The summed E-state index contributed by atoms with van der Waals surface area (Å²) >= 11 is 0. The molecule has 0 radical (unpaired) electrons. The molecule has 0 atom stereocenters. The molecule has 2 rings (SSSR count). The number of nitrogens with one attached hydrogen (secondary N) is 1. The van der Waals surface area contributed by atoms with Gasteiger partial charge in [-0.1, -0.05) is 12.8 Å². The molecule has 1 aromatic rings. The summed E-state index contributed by atoms with van der Waals surface area (Å²) in [6, 6.07) is 3.57. The van der Waals surface area contributed by atoms with Gasteiger partial charge in [-0.2, -0.15) is 12.7 Å². The minimum absolute atomic E-state index is 0.600. The van der Waals surface area contributed by atoms with E-state index in [0.717, 1.165) is 36.8 Å². The Bertz CT molecular complexity index is 553. The Morgan fingerprint density at radius 3 is 2.05 bits per heavy atom. The standard InChI is InChI=1S/C14H23N3O2S/c1-11-9-13(15)10-12(2)14(11)16-20(18,19)17-7-5-3-4-6-8-17/h9-10,16H,3-8,15H2,1-2H3. The maximum absolute atomic E-state index is 12.5.